The van der Waals surface area contributed by atoms with Crippen molar-refractivity contribution < 1.29 is 9.53 Å². The number of nitrogens with two attached hydrogens (primary N) is 1. The smallest absolute Gasteiger partial charge is 0.228 e. The van der Waals surface area contributed by atoms with Crippen LogP contribution in [0.5, 0.6) is 5.88 Å². The summed E-state index contributed by atoms with van der Waals surface area (Å²) in [4.78, 5) is 29.8. The van der Waals surface area contributed by atoms with E-state index in [2.05, 4.69) is 19.9 Å². The lowest BCUT2D eigenvalue weighted by molar-refractivity contribution is -0.140. The molecule has 8 heteroatoms. The number of anilines is 2. The summed E-state index contributed by atoms with van der Waals surface area (Å²) in [5.74, 6) is 1.47. The summed E-state index contributed by atoms with van der Waals surface area (Å²) in [6.07, 6.45) is 3.64. The van der Waals surface area contributed by atoms with Crippen molar-refractivity contribution in [2.75, 3.05) is 30.8 Å². The Bertz CT molecular complexity index is 800. The van der Waals surface area contributed by atoms with E-state index < -0.39 is 0 Å². The number of fused-ring (bicyclic) bond motifs is 4. The fourth-order valence-electron chi connectivity index (χ4n) is 3.80. The zero-order valence-corrected chi connectivity index (χ0v) is 14.7. The monoisotopic (exact) mass is 354 g/mol. The fourth-order valence-corrected chi connectivity index (χ4v) is 3.80. The molecule has 3 aliphatic heterocycles. The van der Waals surface area contributed by atoms with Crippen molar-refractivity contribution in [1.82, 2.24) is 19.9 Å². The number of hydrogen-bond acceptors (Lipinski definition) is 7. The van der Waals surface area contributed by atoms with Crippen molar-refractivity contribution in [2.45, 2.75) is 25.4 Å². The van der Waals surface area contributed by atoms with E-state index in [0.717, 1.165) is 18.5 Å². The van der Waals surface area contributed by atoms with Gasteiger partial charge in [0.15, 0.2) is 0 Å². The third-order valence-electron chi connectivity index (χ3n) is 5.09. The molecule has 0 unspecified atom stereocenters. The molecule has 1 amide bonds. The summed E-state index contributed by atoms with van der Waals surface area (Å²) < 4.78 is 5.20. The van der Waals surface area contributed by atoms with Gasteiger partial charge in [-0.2, -0.15) is 9.97 Å². The Morgan fingerprint density at radius 3 is 2.92 bits per heavy atom. The van der Waals surface area contributed by atoms with Crippen LogP contribution in [0.4, 0.5) is 11.8 Å². The molecule has 5 rings (SSSR count). The minimum atomic E-state index is -0.0420. The number of amides is 1. The number of rotatable bonds is 4. The molecule has 0 saturated carbocycles. The fraction of sp³-hybridized carbons (Fsp3) is 0.444. The summed E-state index contributed by atoms with van der Waals surface area (Å²) in [6, 6.07) is 7.69. The Morgan fingerprint density at radius 2 is 2.15 bits per heavy atom. The molecule has 2 atom stereocenters. The first-order chi connectivity index (χ1) is 12.6. The molecule has 2 aromatic heterocycles. The van der Waals surface area contributed by atoms with Crippen LogP contribution < -0.4 is 15.4 Å². The van der Waals surface area contributed by atoms with Crippen molar-refractivity contribution in [1.29, 1.82) is 0 Å². The van der Waals surface area contributed by atoms with Crippen LogP contribution in [0.15, 0.2) is 30.5 Å². The minimum absolute atomic E-state index is 0.0420. The number of ether oxygens (including phenoxy) is 1. The molecular weight excluding hydrogens is 332 g/mol. The van der Waals surface area contributed by atoms with Gasteiger partial charge >= 0.3 is 0 Å². The Morgan fingerprint density at radius 1 is 1.27 bits per heavy atom. The number of pyridine rings is 1. The highest BCUT2D eigenvalue weighted by molar-refractivity contribution is 5.81. The van der Waals surface area contributed by atoms with Crippen molar-refractivity contribution in [3.8, 4) is 5.88 Å². The van der Waals surface area contributed by atoms with Gasteiger partial charge in [-0.05, 0) is 25.0 Å². The molecule has 2 N–H and O–H groups in total. The average molecular weight is 354 g/mol. The maximum atomic E-state index is 13.0. The van der Waals surface area contributed by atoms with Crippen LogP contribution in [0.3, 0.4) is 0 Å². The molecule has 2 aromatic rings. The summed E-state index contributed by atoms with van der Waals surface area (Å²) in [5, 5.41) is 0. The first-order valence-corrected chi connectivity index (χ1v) is 8.78. The van der Waals surface area contributed by atoms with E-state index in [9.17, 15) is 4.79 Å². The zero-order chi connectivity index (χ0) is 18.1. The molecule has 0 aromatic carbocycles. The van der Waals surface area contributed by atoms with Gasteiger partial charge in [-0.15, -0.1) is 0 Å². The molecule has 0 radical (unpaired) electrons. The number of nitrogens with zero attached hydrogens (tertiary/aromatic N) is 5. The summed E-state index contributed by atoms with van der Waals surface area (Å²) in [7, 11) is 1.55. The van der Waals surface area contributed by atoms with E-state index in [-0.39, 0.29) is 23.8 Å². The predicted molar refractivity (Wildman–Crippen MR) is 96.5 cm³/mol. The molecule has 2 bridgehead atoms. The number of hydrogen-bond donors (Lipinski definition) is 1. The van der Waals surface area contributed by atoms with Crippen molar-refractivity contribution in [3.63, 3.8) is 0 Å². The van der Waals surface area contributed by atoms with Gasteiger partial charge in [0, 0.05) is 31.4 Å². The third-order valence-corrected chi connectivity index (χ3v) is 5.09. The number of carbonyl (C=O) groups excluding carboxylic acids is 1. The molecule has 26 heavy (non-hydrogen) atoms. The molecule has 8 nitrogen and oxygen atoms in total. The number of piperidine rings is 1. The zero-order valence-electron chi connectivity index (χ0n) is 14.7. The standard InChI is InChI=1S/C18H22N6O2/c1-26-16-8-15(21-18(19)22-16)23-9-12-5-6-14(11-23)24(17(12)25)10-13-4-2-3-7-20-13/h2-4,7-8,12,14H,5-6,9-11H2,1H3,(H2,19,21,22)/t12-,14+/m1/s1. The third kappa shape index (κ3) is 3.14. The van der Waals surface area contributed by atoms with E-state index in [4.69, 9.17) is 10.5 Å². The van der Waals surface area contributed by atoms with Gasteiger partial charge in [-0.1, -0.05) is 6.07 Å². The lowest BCUT2D eigenvalue weighted by Gasteiger charge is -2.35. The second-order valence-electron chi connectivity index (χ2n) is 6.75. The highest BCUT2D eigenvalue weighted by Crippen LogP contribution is 2.32. The van der Waals surface area contributed by atoms with Gasteiger partial charge < -0.3 is 20.3 Å². The largest absolute Gasteiger partial charge is 0.481 e. The van der Waals surface area contributed by atoms with Crippen LogP contribution in [0.1, 0.15) is 18.5 Å². The van der Waals surface area contributed by atoms with E-state index in [1.54, 1.807) is 19.4 Å². The first kappa shape index (κ1) is 16.6. The molecule has 136 valence electrons. The van der Waals surface area contributed by atoms with Crippen LogP contribution in [0, 0.1) is 5.92 Å². The van der Waals surface area contributed by atoms with Gasteiger partial charge in [0.25, 0.3) is 0 Å². The van der Waals surface area contributed by atoms with Gasteiger partial charge in [0.05, 0.1) is 25.3 Å². The first-order valence-electron chi connectivity index (χ1n) is 8.78. The SMILES string of the molecule is COc1cc(N2C[C@H]3CC[C@@H](C2)N(Cc2ccccn2)C3=O)nc(N)n1. The normalized spacial score (nSPS) is 22.4. The van der Waals surface area contributed by atoms with Crippen LogP contribution in [-0.2, 0) is 11.3 Å². The molecule has 3 fully saturated rings. The molecule has 0 aliphatic carbocycles. The number of aromatic nitrogens is 3. The molecular formula is C18H22N6O2. The Kier molecular flexibility index (Phi) is 4.32. The highest BCUT2D eigenvalue weighted by atomic mass is 16.5. The van der Waals surface area contributed by atoms with Crippen LogP contribution >= 0.6 is 0 Å². The molecule has 5 heterocycles. The van der Waals surface area contributed by atoms with E-state index in [0.29, 0.717) is 31.3 Å². The molecule has 0 spiro atoms. The minimum Gasteiger partial charge on any atom is -0.481 e. The Balaban J connectivity index is 1.60. The summed E-state index contributed by atoms with van der Waals surface area (Å²) in [5.41, 5.74) is 6.72. The van der Waals surface area contributed by atoms with E-state index in [1.807, 2.05) is 23.1 Å². The number of methoxy groups -OCH3 is 1. The van der Waals surface area contributed by atoms with Gasteiger partial charge in [-0.25, -0.2) is 0 Å². The lowest BCUT2D eigenvalue weighted by atomic mass is 9.94. The van der Waals surface area contributed by atoms with Crippen molar-refractivity contribution >= 4 is 17.7 Å². The molecule has 3 aliphatic rings. The van der Waals surface area contributed by atoms with E-state index >= 15 is 0 Å². The van der Waals surface area contributed by atoms with Crippen molar-refractivity contribution in [3.05, 3.63) is 36.2 Å². The second kappa shape index (κ2) is 6.78. The number of nitrogen functional groups attached to an aromatic ring is 1. The van der Waals surface area contributed by atoms with Crippen molar-refractivity contribution in [2.24, 2.45) is 5.92 Å². The Hall–Kier alpha value is -2.90. The summed E-state index contributed by atoms with van der Waals surface area (Å²) >= 11 is 0. The maximum Gasteiger partial charge on any atom is 0.228 e. The average Bonchev–Trinajstić information content (AvgIpc) is 2.95. The second-order valence-corrected chi connectivity index (χ2v) is 6.75. The topological polar surface area (TPSA) is 97.5 Å². The highest BCUT2D eigenvalue weighted by Gasteiger charge is 2.41. The number of carbonyl (C=O) groups is 1. The molecule has 3 saturated heterocycles. The Labute approximate surface area is 152 Å². The van der Waals surface area contributed by atoms with Crippen LogP contribution in [0.2, 0.25) is 0 Å². The summed E-state index contributed by atoms with van der Waals surface area (Å²) in [6.45, 7) is 1.90. The van der Waals surface area contributed by atoms with Gasteiger partial charge in [-0.3, -0.25) is 9.78 Å². The van der Waals surface area contributed by atoms with Gasteiger partial charge in [0.1, 0.15) is 5.82 Å². The predicted octanol–water partition coefficient (Wildman–Crippen LogP) is 1.09. The lowest BCUT2D eigenvalue weighted by Crippen LogP contribution is -2.47. The van der Waals surface area contributed by atoms with Gasteiger partial charge in [0.2, 0.25) is 17.7 Å². The van der Waals surface area contributed by atoms with Crippen LogP contribution in [0.25, 0.3) is 0 Å². The maximum absolute atomic E-state index is 13.0. The van der Waals surface area contributed by atoms with Crippen LogP contribution in [-0.4, -0.2) is 52.0 Å². The quantitative estimate of drug-likeness (QED) is 0.877. The van der Waals surface area contributed by atoms with E-state index in [1.165, 1.54) is 0 Å².